The quantitative estimate of drug-likeness (QED) is 0.431. The summed E-state index contributed by atoms with van der Waals surface area (Å²) in [5, 5.41) is 7.52. The minimum atomic E-state index is 0.597. The van der Waals surface area contributed by atoms with E-state index in [0.717, 1.165) is 44.8 Å². The second-order valence-electron chi connectivity index (χ2n) is 7.25. The van der Waals surface area contributed by atoms with Gasteiger partial charge >= 0.3 is 0 Å². The lowest BCUT2D eigenvalue weighted by atomic mass is 10.1. The number of hydrogen-bond donors (Lipinski definition) is 2. The van der Waals surface area contributed by atoms with E-state index in [0.29, 0.717) is 17.2 Å². The number of aromatic amines is 2. The van der Waals surface area contributed by atoms with Crippen molar-refractivity contribution in [2.24, 2.45) is 0 Å². The molecule has 0 saturated carbocycles. The highest BCUT2D eigenvalue weighted by atomic mass is 16.5. The second-order valence-corrected chi connectivity index (χ2v) is 7.25. The van der Waals surface area contributed by atoms with Gasteiger partial charge in [0.15, 0.2) is 17.2 Å². The van der Waals surface area contributed by atoms with Crippen LogP contribution in [0.4, 0.5) is 0 Å². The van der Waals surface area contributed by atoms with Gasteiger partial charge in [0.1, 0.15) is 11.3 Å². The molecule has 0 spiro atoms. The number of aromatic nitrogens is 7. The molecule has 0 saturated heterocycles. The topological polar surface area (TPSA) is 105 Å². The van der Waals surface area contributed by atoms with Crippen LogP contribution in [0.3, 0.4) is 0 Å². The van der Waals surface area contributed by atoms with Crippen molar-refractivity contribution >= 4 is 22.2 Å². The van der Waals surface area contributed by atoms with Crippen molar-refractivity contribution in [1.29, 1.82) is 0 Å². The molecule has 0 radical (unpaired) electrons. The lowest BCUT2D eigenvalue weighted by Gasteiger charge is -2.05. The minimum absolute atomic E-state index is 0.597. The van der Waals surface area contributed by atoms with Gasteiger partial charge in [-0.25, -0.2) is 15.0 Å². The molecule has 0 unspecified atom stereocenters. The van der Waals surface area contributed by atoms with Crippen LogP contribution < -0.4 is 4.74 Å². The first-order chi connectivity index (χ1) is 15.8. The summed E-state index contributed by atoms with van der Waals surface area (Å²) in [7, 11) is 1.66. The molecular weight excluding hydrogens is 402 g/mol. The first-order valence-electron chi connectivity index (χ1n) is 10.1. The Kier molecular flexibility index (Phi) is 4.14. The molecule has 5 heterocycles. The molecule has 5 aromatic heterocycles. The van der Waals surface area contributed by atoms with Gasteiger partial charge in [-0.1, -0.05) is 18.2 Å². The predicted octanol–water partition coefficient (Wildman–Crippen LogP) is 4.63. The van der Waals surface area contributed by atoms with Crippen LogP contribution in [0.5, 0.6) is 5.75 Å². The summed E-state index contributed by atoms with van der Waals surface area (Å²) in [5.41, 5.74) is 7.16. The number of nitrogens with zero attached hydrogens (tertiary/aromatic N) is 5. The summed E-state index contributed by atoms with van der Waals surface area (Å²) < 4.78 is 5.38. The van der Waals surface area contributed by atoms with E-state index in [1.165, 1.54) is 0 Å². The smallest absolute Gasteiger partial charge is 0.178 e. The average Bonchev–Trinajstić information content (AvgIpc) is 3.48. The van der Waals surface area contributed by atoms with Crippen molar-refractivity contribution in [3.63, 3.8) is 0 Å². The lowest BCUT2D eigenvalue weighted by molar-refractivity contribution is 0.415. The zero-order valence-electron chi connectivity index (χ0n) is 17.1. The summed E-state index contributed by atoms with van der Waals surface area (Å²) in [6, 6.07) is 19.5. The normalized spacial score (nSPS) is 11.3. The number of H-pyrrole nitrogens is 2. The fraction of sp³-hybridized carbons (Fsp3) is 0.0417. The van der Waals surface area contributed by atoms with Gasteiger partial charge in [-0.2, -0.15) is 5.10 Å². The molecule has 6 rings (SSSR count). The molecule has 8 heteroatoms. The fourth-order valence-corrected chi connectivity index (χ4v) is 3.78. The van der Waals surface area contributed by atoms with E-state index in [9.17, 15) is 0 Å². The van der Waals surface area contributed by atoms with Crippen LogP contribution in [0, 0.1) is 0 Å². The first-order valence-corrected chi connectivity index (χ1v) is 10.1. The SMILES string of the molecule is COc1cccc(-c2ccnc3nc(-c4n[nH]c5ccc(-c6ccccn6)nc45)[nH]c23)c1. The number of pyridine rings is 3. The third-order valence-corrected chi connectivity index (χ3v) is 5.33. The monoisotopic (exact) mass is 419 g/mol. The van der Waals surface area contributed by atoms with Gasteiger partial charge in [-0.3, -0.25) is 10.1 Å². The molecule has 6 aromatic rings. The lowest BCUT2D eigenvalue weighted by Crippen LogP contribution is -1.88. The van der Waals surface area contributed by atoms with Gasteiger partial charge in [0, 0.05) is 18.0 Å². The standard InChI is InChI=1S/C24H17N7O/c1-32-15-6-4-5-14(13-15)16-10-12-26-23-20(16)28-24(29-23)22-21-19(30-31-22)9-8-18(27-21)17-7-2-3-11-25-17/h2-13H,1H3,(H,30,31)(H,26,28,29). The maximum atomic E-state index is 5.38. The van der Waals surface area contributed by atoms with Gasteiger partial charge in [0.2, 0.25) is 0 Å². The summed E-state index contributed by atoms with van der Waals surface area (Å²) in [4.78, 5) is 21.7. The Morgan fingerprint density at radius 2 is 1.81 bits per heavy atom. The second kappa shape index (κ2) is 7.28. The van der Waals surface area contributed by atoms with Crippen molar-refractivity contribution in [1.82, 2.24) is 35.1 Å². The molecule has 0 aliphatic rings. The molecule has 32 heavy (non-hydrogen) atoms. The van der Waals surface area contributed by atoms with Crippen LogP contribution in [0.1, 0.15) is 0 Å². The number of ether oxygens (including phenoxy) is 1. The van der Waals surface area contributed by atoms with Crippen molar-refractivity contribution in [2.75, 3.05) is 7.11 Å². The van der Waals surface area contributed by atoms with E-state index in [-0.39, 0.29) is 0 Å². The number of methoxy groups -OCH3 is 1. The number of imidazole rings is 1. The average molecular weight is 419 g/mol. The van der Waals surface area contributed by atoms with Crippen molar-refractivity contribution in [3.8, 4) is 39.8 Å². The number of fused-ring (bicyclic) bond motifs is 2. The molecule has 0 aliphatic heterocycles. The molecule has 0 fully saturated rings. The third-order valence-electron chi connectivity index (χ3n) is 5.33. The Hall–Kier alpha value is -4.59. The van der Waals surface area contributed by atoms with E-state index in [4.69, 9.17) is 14.7 Å². The van der Waals surface area contributed by atoms with Gasteiger partial charge in [-0.05, 0) is 48.0 Å². The van der Waals surface area contributed by atoms with E-state index < -0.39 is 0 Å². The first kappa shape index (κ1) is 18.2. The van der Waals surface area contributed by atoms with E-state index in [2.05, 4.69) is 25.1 Å². The molecule has 0 aliphatic carbocycles. The zero-order chi connectivity index (χ0) is 21.5. The highest BCUT2D eigenvalue weighted by molar-refractivity contribution is 5.95. The molecule has 0 amide bonds. The Labute approximate surface area is 182 Å². The molecule has 154 valence electrons. The summed E-state index contributed by atoms with van der Waals surface area (Å²) in [5.74, 6) is 1.39. The van der Waals surface area contributed by atoms with Crippen LogP contribution in [0.25, 0.3) is 56.2 Å². The van der Waals surface area contributed by atoms with Crippen molar-refractivity contribution < 1.29 is 4.74 Å². The maximum absolute atomic E-state index is 5.38. The molecule has 1 aromatic carbocycles. The van der Waals surface area contributed by atoms with E-state index in [1.54, 1.807) is 19.5 Å². The molecule has 0 atom stereocenters. The van der Waals surface area contributed by atoms with Crippen LogP contribution in [-0.2, 0) is 0 Å². The number of rotatable bonds is 4. The third kappa shape index (κ3) is 2.97. The summed E-state index contributed by atoms with van der Waals surface area (Å²) in [6.45, 7) is 0. The van der Waals surface area contributed by atoms with Gasteiger partial charge in [-0.15, -0.1) is 0 Å². The zero-order valence-corrected chi connectivity index (χ0v) is 17.1. The molecular formula is C24H17N7O. The Bertz CT molecular complexity index is 1570. The highest BCUT2D eigenvalue weighted by Gasteiger charge is 2.17. The number of nitrogens with one attached hydrogen (secondary N) is 2. The predicted molar refractivity (Wildman–Crippen MR) is 122 cm³/mol. The number of hydrogen-bond acceptors (Lipinski definition) is 6. The van der Waals surface area contributed by atoms with E-state index in [1.807, 2.05) is 60.7 Å². The van der Waals surface area contributed by atoms with Crippen molar-refractivity contribution in [3.05, 3.63) is 73.1 Å². The molecule has 2 N–H and O–H groups in total. The van der Waals surface area contributed by atoms with Crippen LogP contribution in [0.2, 0.25) is 0 Å². The Morgan fingerprint density at radius 1 is 0.844 bits per heavy atom. The molecule has 8 nitrogen and oxygen atoms in total. The van der Waals surface area contributed by atoms with Gasteiger partial charge in [0.25, 0.3) is 0 Å². The summed E-state index contributed by atoms with van der Waals surface area (Å²) in [6.07, 6.45) is 3.50. The Balaban J connectivity index is 1.50. The molecule has 0 bridgehead atoms. The minimum Gasteiger partial charge on any atom is -0.497 e. The van der Waals surface area contributed by atoms with E-state index >= 15 is 0 Å². The summed E-state index contributed by atoms with van der Waals surface area (Å²) >= 11 is 0. The van der Waals surface area contributed by atoms with Gasteiger partial charge in [0.05, 0.1) is 29.5 Å². The van der Waals surface area contributed by atoms with Crippen molar-refractivity contribution in [2.45, 2.75) is 0 Å². The number of benzene rings is 1. The van der Waals surface area contributed by atoms with Crippen LogP contribution in [-0.4, -0.2) is 42.2 Å². The van der Waals surface area contributed by atoms with Gasteiger partial charge < -0.3 is 9.72 Å². The largest absolute Gasteiger partial charge is 0.497 e. The van der Waals surface area contributed by atoms with Crippen LogP contribution >= 0.6 is 0 Å². The highest BCUT2D eigenvalue weighted by Crippen LogP contribution is 2.32. The fourth-order valence-electron chi connectivity index (χ4n) is 3.78. The van der Waals surface area contributed by atoms with Crippen LogP contribution in [0.15, 0.2) is 73.1 Å². The maximum Gasteiger partial charge on any atom is 0.178 e. The Morgan fingerprint density at radius 3 is 2.69 bits per heavy atom.